The van der Waals surface area contributed by atoms with Crippen LogP contribution in [0, 0.1) is 10.1 Å². The molecule has 0 bridgehead atoms. The van der Waals surface area contributed by atoms with E-state index < -0.39 is 4.92 Å². The van der Waals surface area contributed by atoms with Gasteiger partial charge in [-0.15, -0.1) is 0 Å². The molecule has 23 heavy (non-hydrogen) atoms. The van der Waals surface area contributed by atoms with E-state index in [2.05, 4.69) is 35.6 Å². The molecule has 0 saturated carbocycles. The molecule has 1 rings (SSSR count). The lowest BCUT2D eigenvalue weighted by Gasteiger charge is -2.14. The predicted molar refractivity (Wildman–Crippen MR) is 98.5 cm³/mol. The number of anilines is 1. The summed E-state index contributed by atoms with van der Waals surface area (Å²) in [5.41, 5.74) is 5.67. The van der Waals surface area contributed by atoms with Gasteiger partial charge in [-0.25, -0.2) is 0 Å². The fourth-order valence-corrected chi connectivity index (χ4v) is 2.01. The Morgan fingerprint density at radius 1 is 1.22 bits per heavy atom. The number of nitro benzene ring substituents is 1. The maximum atomic E-state index is 10.9. The number of benzene rings is 1. The molecule has 0 atom stereocenters. The van der Waals surface area contributed by atoms with Crippen molar-refractivity contribution in [1.82, 2.24) is 16.2 Å². The Kier molecular flexibility index (Phi) is 8.16. The average molecular weight is 357 g/mol. The van der Waals surface area contributed by atoms with Crippen LogP contribution in [0.4, 0.5) is 11.4 Å². The van der Waals surface area contributed by atoms with E-state index >= 15 is 0 Å². The molecule has 1 aromatic carbocycles. The minimum absolute atomic E-state index is 0.0523. The number of rotatable bonds is 6. The van der Waals surface area contributed by atoms with Gasteiger partial charge in [-0.1, -0.05) is 12.1 Å². The zero-order valence-corrected chi connectivity index (χ0v) is 14.6. The Morgan fingerprint density at radius 2 is 1.87 bits per heavy atom. The van der Waals surface area contributed by atoms with E-state index in [1.807, 2.05) is 0 Å². The summed E-state index contributed by atoms with van der Waals surface area (Å²) in [5.74, 6) is 0. The molecule has 0 aliphatic rings. The lowest BCUT2D eigenvalue weighted by Crippen LogP contribution is -3.05. The summed E-state index contributed by atoms with van der Waals surface area (Å²) in [4.78, 5) is 11.8. The number of hydrogen-bond acceptors (Lipinski definition) is 4. The maximum absolute atomic E-state index is 10.9. The van der Waals surface area contributed by atoms with Crippen molar-refractivity contribution in [3.8, 4) is 0 Å². The van der Waals surface area contributed by atoms with Crippen molar-refractivity contribution in [2.75, 3.05) is 32.5 Å². The smallest absolute Gasteiger partial charge is 0.292 e. The molecule has 10 heteroatoms. The lowest BCUT2D eigenvalue weighted by atomic mass is 10.3. The molecule has 0 aliphatic carbocycles. The van der Waals surface area contributed by atoms with Crippen molar-refractivity contribution in [2.24, 2.45) is 0 Å². The molecule has 8 nitrogen and oxygen atoms in total. The van der Waals surface area contributed by atoms with E-state index in [-0.39, 0.29) is 10.8 Å². The van der Waals surface area contributed by atoms with Crippen LogP contribution in [0.3, 0.4) is 0 Å². The maximum Gasteiger partial charge on any atom is 0.292 e. The monoisotopic (exact) mass is 357 g/mol. The second-order valence-electron chi connectivity index (χ2n) is 5.04. The van der Waals surface area contributed by atoms with Crippen LogP contribution in [-0.2, 0) is 0 Å². The highest BCUT2D eigenvalue weighted by atomic mass is 32.1. The molecule has 0 fully saturated rings. The lowest BCUT2D eigenvalue weighted by molar-refractivity contribution is -0.858. The fourth-order valence-electron chi connectivity index (χ4n) is 1.69. The summed E-state index contributed by atoms with van der Waals surface area (Å²) >= 11 is 10.2. The molecule has 0 saturated heterocycles. The summed E-state index contributed by atoms with van der Waals surface area (Å²) in [6, 6.07) is 6.25. The number of hydrazine groups is 1. The number of nitro groups is 1. The van der Waals surface area contributed by atoms with Crippen molar-refractivity contribution in [3.05, 3.63) is 34.4 Å². The van der Waals surface area contributed by atoms with Gasteiger partial charge >= 0.3 is 0 Å². The van der Waals surface area contributed by atoms with Crippen molar-refractivity contribution in [3.63, 3.8) is 0 Å². The Labute approximate surface area is 145 Å². The quantitative estimate of drug-likeness (QED) is 0.207. The van der Waals surface area contributed by atoms with E-state index in [0.717, 1.165) is 19.5 Å². The van der Waals surface area contributed by atoms with Crippen molar-refractivity contribution in [2.45, 2.75) is 6.42 Å². The number of quaternary nitrogens is 1. The Balaban J connectivity index is 2.35. The van der Waals surface area contributed by atoms with E-state index in [9.17, 15) is 10.1 Å². The molecule has 0 radical (unpaired) electrons. The Hall–Kier alpha value is -2.04. The van der Waals surface area contributed by atoms with Crippen LogP contribution in [-0.4, -0.2) is 42.3 Å². The van der Waals surface area contributed by atoms with Gasteiger partial charge in [0.25, 0.3) is 5.69 Å². The van der Waals surface area contributed by atoms with E-state index in [1.165, 1.54) is 11.0 Å². The molecule has 0 unspecified atom stereocenters. The molecule has 5 N–H and O–H groups in total. The third-order valence-electron chi connectivity index (χ3n) is 2.78. The summed E-state index contributed by atoms with van der Waals surface area (Å²) in [6.45, 7) is 1.80. The van der Waals surface area contributed by atoms with Gasteiger partial charge < -0.3 is 15.5 Å². The number of nitrogens with one attached hydrogen (secondary N) is 5. The third kappa shape index (κ3) is 7.68. The molecule has 0 amide bonds. The second kappa shape index (κ2) is 9.87. The highest BCUT2D eigenvalue weighted by Crippen LogP contribution is 2.22. The third-order valence-corrected chi connectivity index (χ3v) is 3.23. The van der Waals surface area contributed by atoms with E-state index in [1.54, 1.807) is 18.2 Å². The number of nitrogens with zero attached hydrogens (tertiary/aromatic N) is 1. The van der Waals surface area contributed by atoms with Crippen LogP contribution in [0.25, 0.3) is 0 Å². The van der Waals surface area contributed by atoms with Gasteiger partial charge in [0, 0.05) is 19.0 Å². The zero-order valence-electron chi connectivity index (χ0n) is 13.0. The van der Waals surface area contributed by atoms with Crippen LogP contribution >= 0.6 is 24.4 Å². The molecule has 0 aromatic heterocycles. The molecule has 0 aliphatic heterocycles. The molecule has 0 spiro atoms. The van der Waals surface area contributed by atoms with Gasteiger partial charge in [-0.3, -0.25) is 21.0 Å². The molecule has 1 aromatic rings. The number of thiocarbonyl (C=S) groups is 2. The van der Waals surface area contributed by atoms with E-state index in [0.29, 0.717) is 10.8 Å². The highest BCUT2D eigenvalue weighted by molar-refractivity contribution is 7.80. The Morgan fingerprint density at radius 3 is 2.52 bits per heavy atom. The predicted octanol–water partition coefficient (Wildman–Crippen LogP) is -0.205. The SMILES string of the molecule is C[NH+](C)CCCNC(=S)NNC(=S)Nc1ccccc1[N+](=O)[O-]. The standard InChI is InChI=1S/C13H20N6O2S2/c1-18(2)9-5-8-14-12(22)16-17-13(23)15-10-6-3-4-7-11(10)19(20)21/h3-4,6-7H,5,8-9H2,1-2H3,(H2,14,16,22)(H2,15,17,23)/p+1. The van der Waals surface area contributed by atoms with Gasteiger partial charge in [0.15, 0.2) is 10.2 Å². The topological polar surface area (TPSA) is 95.7 Å². The van der Waals surface area contributed by atoms with Gasteiger partial charge in [-0.2, -0.15) is 0 Å². The van der Waals surface area contributed by atoms with Crippen LogP contribution in [0.2, 0.25) is 0 Å². The van der Waals surface area contributed by atoms with Crippen molar-refractivity contribution in [1.29, 1.82) is 0 Å². The first-order chi connectivity index (χ1) is 10.9. The number of para-hydroxylation sites is 2. The van der Waals surface area contributed by atoms with Crippen molar-refractivity contribution >= 4 is 46.0 Å². The summed E-state index contributed by atoms with van der Waals surface area (Å²) in [5, 5.41) is 17.3. The van der Waals surface area contributed by atoms with E-state index in [4.69, 9.17) is 24.4 Å². The van der Waals surface area contributed by atoms with Gasteiger partial charge in [0.05, 0.1) is 25.6 Å². The molecular weight excluding hydrogens is 336 g/mol. The minimum Gasteiger partial charge on any atom is -0.361 e. The normalized spacial score (nSPS) is 10.0. The zero-order chi connectivity index (χ0) is 17.2. The Bertz CT molecular complexity index is 567. The van der Waals surface area contributed by atoms with Crippen LogP contribution in [0.5, 0.6) is 0 Å². The fraction of sp³-hybridized carbons (Fsp3) is 0.385. The summed E-state index contributed by atoms with van der Waals surface area (Å²) in [7, 11) is 4.18. The van der Waals surface area contributed by atoms with Crippen LogP contribution in [0.1, 0.15) is 6.42 Å². The van der Waals surface area contributed by atoms with Gasteiger partial charge in [0.2, 0.25) is 0 Å². The summed E-state index contributed by atoms with van der Waals surface area (Å²) in [6.07, 6.45) is 0.989. The first kappa shape index (κ1) is 19.0. The molecule has 0 heterocycles. The van der Waals surface area contributed by atoms with Crippen LogP contribution in [0.15, 0.2) is 24.3 Å². The molecular formula is C13H21N6O2S2+. The average Bonchev–Trinajstić information content (AvgIpc) is 2.49. The van der Waals surface area contributed by atoms with Crippen LogP contribution < -0.4 is 26.4 Å². The molecule has 126 valence electrons. The minimum atomic E-state index is -0.475. The van der Waals surface area contributed by atoms with Crippen molar-refractivity contribution < 1.29 is 9.82 Å². The number of hydrogen-bond donors (Lipinski definition) is 5. The van der Waals surface area contributed by atoms with Gasteiger partial charge in [0.1, 0.15) is 5.69 Å². The first-order valence-corrected chi connectivity index (χ1v) is 7.85. The summed E-state index contributed by atoms with van der Waals surface area (Å²) < 4.78 is 0. The largest absolute Gasteiger partial charge is 0.361 e. The first-order valence-electron chi connectivity index (χ1n) is 7.03. The second-order valence-corrected chi connectivity index (χ2v) is 5.86. The highest BCUT2D eigenvalue weighted by Gasteiger charge is 2.13. The van der Waals surface area contributed by atoms with Gasteiger partial charge in [-0.05, 0) is 30.5 Å².